The van der Waals surface area contributed by atoms with Gasteiger partial charge in [-0.25, -0.2) is 0 Å². The van der Waals surface area contributed by atoms with E-state index >= 15 is 0 Å². The Balaban J connectivity index is 1.16. The highest BCUT2D eigenvalue weighted by Gasteiger charge is 2.50. The average molecular weight is 752 g/mol. The minimum absolute atomic E-state index is 0.584. The molecule has 1 atom stereocenters. The monoisotopic (exact) mass is 751 g/mol. The van der Waals surface area contributed by atoms with E-state index in [0.717, 1.165) is 0 Å². The molecule has 0 N–H and O–H groups in total. The van der Waals surface area contributed by atoms with Crippen LogP contribution in [0.25, 0.3) is 76.8 Å². The molecule has 2 aliphatic rings. The SMILES string of the molecule is N#Cc1ccc2c(c1)C1(c3ccccc3Sc3c(-c4c5ccccc5c(-c5cccc6cc(-c7ccccc7)ccc56)c5ccccc45)cccc31)c1ccccc1-2. The molecule has 1 spiro atoms. The molecule has 10 aromatic carbocycles. The number of nitriles is 1. The van der Waals surface area contributed by atoms with Gasteiger partial charge in [-0.1, -0.05) is 188 Å². The zero-order valence-electron chi connectivity index (χ0n) is 31.4. The molecule has 0 saturated carbocycles. The average Bonchev–Trinajstić information content (AvgIpc) is 3.58. The van der Waals surface area contributed by atoms with E-state index in [1.54, 1.807) is 0 Å². The summed E-state index contributed by atoms with van der Waals surface area (Å²) in [4.78, 5) is 2.50. The number of rotatable bonds is 3. The van der Waals surface area contributed by atoms with E-state index in [1.807, 2.05) is 17.8 Å². The van der Waals surface area contributed by atoms with Crippen LogP contribution in [0.1, 0.15) is 27.8 Å². The van der Waals surface area contributed by atoms with Crippen LogP contribution in [0.3, 0.4) is 0 Å². The molecule has 0 saturated heterocycles. The van der Waals surface area contributed by atoms with Crippen LogP contribution in [-0.4, -0.2) is 0 Å². The topological polar surface area (TPSA) is 23.8 Å². The van der Waals surface area contributed by atoms with E-state index in [-0.39, 0.29) is 0 Å². The maximum Gasteiger partial charge on any atom is 0.0991 e. The fourth-order valence-corrected chi connectivity index (χ4v) is 11.5. The maximum absolute atomic E-state index is 10.2. The van der Waals surface area contributed by atoms with E-state index in [0.29, 0.717) is 5.56 Å². The van der Waals surface area contributed by atoms with Crippen LogP contribution >= 0.6 is 11.8 Å². The van der Waals surface area contributed by atoms with Gasteiger partial charge in [-0.05, 0) is 123 Å². The number of fused-ring (bicyclic) bond motifs is 12. The third-order valence-corrected chi connectivity index (χ3v) is 13.8. The highest BCUT2D eigenvalue weighted by atomic mass is 32.2. The highest BCUT2D eigenvalue weighted by Crippen LogP contribution is 2.64. The molecule has 0 fully saturated rings. The van der Waals surface area contributed by atoms with Crippen molar-refractivity contribution in [2.45, 2.75) is 15.2 Å². The first-order chi connectivity index (χ1) is 28.7. The molecular weight excluding hydrogens is 719 g/mol. The molecule has 10 aromatic rings. The van der Waals surface area contributed by atoms with E-state index in [9.17, 15) is 5.26 Å². The van der Waals surface area contributed by atoms with Gasteiger partial charge >= 0.3 is 0 Å². The third kappa shape index (κ3) is 4.54. The van der Waals surface area contributed by atoms with Crippen molar-refractivity contribution in [3.8, 4) is 50.6 Å². The molecule has 0 bridgehead atoms. The minimum Gasteiger partial charge on any atom is -0.192 e. The van der Waals surface area contributed by atoms with Crippen LogP contribution in [0.5, 0.6) is 0 Å². The summed E-state index contributed by atoms with van der Waals surface area (Å²) in [6, 6.07) is 75.7. The van der Waals surface area contributed by atoms with E-state index < -0.39 is 5.41 Å². The fourth-order valence-electron chi connectivity index (χ4n) is 10.2. The minimum atomic E-state index is -0.584. The Morgan fingerprint density at radius 1 is 0.379 bits per heavy atom. The number of hydrogen-bond donors (Lipinski definition) is 0. The van der Waals surface area contributed by atoms with Crippen molar-refractivity contribution in [2.24, 2.45) is 0 Å². The van der Waals surface area contributed by atoms with Gasteiger partial charge in [0.2, 0.25) is 0 Å². The summed E-state index contributed by atoms with van der Waals surface area (Å²) in [6.07, 6.45) is 0. The van der Waals surface area contributed by atoms with Gasteiger partial charge in [-0.3, -0.25) is 0 Å². The molecule has 2 heteroatoms. The predicted molar refractivity (Wildman–Crippen MR) is 241 cm³/mol. The normalized spacial score (nSPS) is 14.9. The predicted octanol–water partition coefficient (Wildman–Crippen LogP) is 14.8. The molecule has 0 aromatic heterocycles. The molecule has 1 nitrogen and oxygen atoms in total. The maximum atomic E-state index is 10.2. The fraction of sp³-hybridized carbons (Fsp3) is 0.0179. The van der Waals surface area contributed by atoms with Gasteiger partial charge < -0.3 is 0 Å². The van der Waals surface area contributed by atoms with Crippen LogP contribution in [0.2, 0.25) is 0 Å². The molecule has 1 heterocycles. The Kier molecular flexibility index (Phi) is 7.21. The lowest BCUT2D eigenvalue weighted by Crippen LogP contribution is -2.32. The second-order valence-corrected chi connectivity index (χ2v) is 16.4. The van der Waals surface area contributed by atoms with Gasteiger partial charge in [0.05, 0.1) is 17.0 Å². The van der Waals surface area contributed by atoms with Crippen molar-refractivity contribution in [1.29, 1.82) is 5.26 Å². The number of benzene rings is 10. The van der Waals surface area contributed by atoms with Crippen molar-refractivity contribution in [2.75, 3.05) is 0 Å². The van der Waals surface area contributed by atoms with Crippen LogP contribution in [0, 0.1) is 11.3 Å². The first-order valence-electron chi connectivity index (χ1n) is 19.8. The van der Waals surface area contributed by atoms with E-state index in [4.69, 9.17) is 0 Å². The van der Waals surface area contributed by atoms with Gasteiger partial charge in [0.1, 0.15) is 0 Å². The van der Waals surface area contributed by atoms with Crippen molar-refractivity contribution in [3.05, 3.63) is 228 Å². The second kappa shape index (κ2) is 12.7. The molecule has 1 aliphatic heterocycles. The lowest BCUT2D eigenvalue weighted by atomic mass is 9.66. The van der Waals surface area contributed by atoms with Crippen LogP contribution in [-0.2, 0) is 5.41 Å². The quantitative estimate of drug-likeness (QED) is 0.168. The van der Waals surface area contributed by atoms with Crippen LogP contribution in [0.15, 0.2) is 210 Å². The first-order valence-corrected chi connectivity index (χ1v) is 20.6. The van der Waals surface area contributed by atoms with Gasteiger partial charge in [0.15, 0.2) is 0 Å². The van der Waals surface area contributed by atoms with Gasteiger partial charge in [-0.15, -0.1) is 0 Å². The largest absolute Gasteiger partial charge is 0.192 e. The zero-order chi connectivity index (χ0) is 38.4. The molecule has 268 valence electrons. The summed E-state index contributed by atoms with van der Waals surface area (Å²) in [5.74, 6) is 0. The van der Waals surface area contributed by atoms with Gasteiger partial charge in [-0.2, -0.15) is 5.26 Å². The summed E-state index contributed by atoms with van der Waals surface area (Å²) >= 11 is 1.88. The summed E-state index contributed by atoms with van der Waals surface area (Å²) in [6.45, 7) is 0. The highest BCUT2D eigenvalue weighted by molar-refractivity contribution is 7.99. The zero-order valence-corrected chi connectivity index (χ0v) is 32.2. The summed E-state index contributed by atoms with van der Waals surface area (Å²) in [5, 5.41) is 17.6. The summed E-state index contributed by atoms with van der Waals surface area (Å²) < 4.78 is 0. The van der Waals surface area contributed by atoms with Crippen molar-refractivity contribution in [3.63, 3.8) is 0 Å². The van der Waals surface area contributed by atoms with Gasteiger partial charge in [0.25, 0.3) is 0 Å². The Labute approximate surface area is 341 Å². The molecule has 1 unspecified atom stereocenters. The summed E-state index contributed by atoms with van der Waals surface area (Å²) in [7, 11) is 0. The third-order valence-electron chi connectivity index (χ3n) is 12.6. The standard InChI is InChI=1S/C56H33NS/c57-34-35-28-30-41-40-17-8-9-24-48(40)56(51(41)32-35)49-25-10-11-27-52(49)58-55-47(23-13-26-50(55)56)54-45-20-6-4-18-43(45)53(44-19-5-7-21-46(44)54)42-22-12-16-38-33-37(29-31-39(38)42)36-14-2-1-3-15-36/h1-33H. The molecular formula is C56H33NS. The molecule has 12 rings (SSSR count). The smallest absolute Gasteiger partial charge is 0.0991 e. The van der Waals surface area contributed by atoms with Gasteiger partial charge in [0, 0.05) is 9.79 Å². The molecule has 1 aliphatic carbocycles. The lowest BCUT2D eigenvalue weighted by molar-refractivity contribution is 0.723. The molecule has 0 radical (unpaired) electrons. The molecule has 58 heavy (non-hydrogen) atoms. The molecule has 0 amide bonds. The van der Waals surface area contributed by atoms with E-state index in [2.05, 4.69) is 200 Å². The van der Waals surface area contributed by atoms with Crippen molar-refractivity contribution < 1.29 is 0 Å². The number of hydrogen-bond acceptors (Lipinski definition) is 2. The lowest BCUT2D eigenvalue weighted by Gasteiger charge is -2.40. The number of nitrogens with zero attached hydrogens (tertiary/aromatic N) is 1. The Bertz CT molecular complexity index is 3330. The Morgan fingerprint density at radius 2 is 0.966 bits per heavy atom. The van der Waals surface area contributed by atoms with Crippen LogP contribution in [0.4, 0.5) is 0 Å². The Hall–Kier alpha value is -7.18. The summed E-state index contributed by atoms with van der Waals surface area (Å²) in [5.41, 5.74) is 14.9. The van der Waals surface area contributed by atoms with Crippen molar-refractivity contribution >= 4 is 44.1 Å². The first kappa shape index (κ1) is 33.0. The van der Waals surface area contributed by atoms with E-state index in [1.165, 1.54) is 109 Å². The van der Waals surface area contributed by atoms with Crippen molar-refractivity contribution in [1.82, 2.24) is 0 Å². The van der Waals surface area contributed by atoms with Crippen LogP contribution < -0.4 is 0 Å². The Morgan fingerprint density at radius 3 is 1.72 bits per heavy atom. The second-order valence-electron chi connectivity index (χ2n) is 15.4.